The summed E-state index contributed by atoms with van der Waals surface area (Å²) in [4.78, 5) is 14.9. The number of carbonyl (C=O) groups is 1. The summed E-state index contributed by atoms with van der Waals surface area (Å²) < 4.78 is 41.4. The van der Waals surface area contributed by atoms with E-state index in [0.717, 1.165) is 10.6 Å². The van der Waals surface area contributed by atoms with Gasteiger partial charge in [-0.15, -0.1) is 5.06 Å². The number of carbonyl (C=O) groups excluding carboxylic acids is 1. The van der Waals surface area contributed by atoms with E-state index in [0.29, 0.717) is 0 Å². The maximum absolute atomic E-state index is 12.0. The lowest BCUT2D eigenvalue weighted by Crippen LogP contribution is -2.61. The van der Waals surface area contributed by atoms with Crippen molar-refractivity contribution in [2.24, 2.45) is 0 Å². The van der Waals surface area contributed by atoms with E-state index in [2.05, 4.69) is 4.84 Å². The molecule has 0 aliphatic carbocycles. The molecule has 7 heteroatoms. The number of alkyl halides is 3. The summed E-state index contributed by atoms with van der Waals surface area (Å²) in [6.45, 7) is 0.130. The Morgan fingerprint density at radius 3 is 2.32 bits per heavy atom. The van der Waals surface area contributed by atoms with Crippen LogP contribution in [0.4, 0.5) is 13.2 Å². The predicted octanol–water partition coefficient (Wildman–Crippen LogP) is 1.86. The monoisotopic (exact) mass is 275 g/mol. The molecular weight excluding hydrogens is 263 g/mol. The van der Waals surface area contributed by atoms with Gasteiger partial charge in [0.15, 0.2) is 0 Å². The minimum absolute atomic E-state index is 0.0648. The fourth-order valence-electron chi connectivity index (χ4n) is 1.93. The fraction of sp³-hybridized carbons (Fsp3) is 0.417. The molecule has 4 nitrogen and oxygen atoms in total. The zero-order valence-electron chi connectivity index (χ0n) is 10.1. The third-order valence-electron chi connectivity index (χ3n) is 3.00. The van der Waals surface area contributed by atoms with E-state index in [-0.39, 0.29) is 13.1 Å². The van der Waals surface area contributed by atoms with E-state index in [1.165, 1.54) is 7.11 Å². The van der Waals surface area contributed by atoms with Crippen LogP contribution in [0.1, 0.15) is 5.56 Å². The van der Waals surface area contributed by atoms with Gasteiger partial charge < -0.3 is 9.57 Å². The fourth-order valence-corrected chi connectivity index (χ4v) is 1.93. The van der Waals surface area contributed by atoms with Gasteiger partial charge in [0, 0.05) is 7.11 Å². The summed E-state index contributed by atoms with van der Waals surface area (Å²) in [6, 6.07) is 9.06. The highest BCUT2D eigenvalue weighted by atomic mass is 19.4. The van der Waals surface area contributed by atoms with E-state index < -0.39 is 17.7 Å². The first-order valence-corrected chi connectivity index (χ1v) is 5.52. The van der Waals surface area contributed by atoms with Crippen LogP contribution in [-0.4, -0.2) is 37.4 Å². The van der Waals surface area contributed by atoms with Crippen molar-refractivity contribution in [1.82, 2.24) is 5.06 Å². The molecule has 104 valence electrons. The van der Waals surface area contributed by atoms with Crippen molar-refractivity contribution in [3.05, 3.63) is 35.9 Å². The van der Waals surface area contributed by atoms with E-state index in [4.69, 9.17) is 4.74 Å². The molecule has 2 rings (SSSR count). The molecule has 0 atom stereocenters. The molecule has 0 aromatic heterocycles. The Hall–Kier alpha value is -1.60. The van der Waals surface area contributed by atoms with Crippen LogP contribution < -0.4 is 0 Å². The molecule has 1 saturated heterocycles. The highest BCUT2D eigenvalue weighted by Crippen LogP contribution is 2.36. The van der Waals surface area contributed by atoms with Crippen LogP contribution in [-0.2, 0) is 20.0 Å². The van der Waals surface area contributed by atoms with Crippen molar-refractivity contribution in [2.45, 2.75) is 11.8 Å². The third-order valence-corrected chi connectivity index (χ3v) is 3.00. The Labute approximate surface area is 107 Å². The van der Waals surface area contributed by atoms with Crippen LogP contribution in [0.5, 0.6) is 0 Å². The van der Waals surface area contributed by atoms with Crippen LogP contribution in [0.2, 0.25) is 0 Å². The normalized spacial score (nSPS) is 18.7. The Kier molecular flexibility index (Phi) is 3.51. The van der Waals surface area contributed by atoms with Gasteiger partial charge >= 0.3 is 12.1 Å². The molecule has 0 saturated carbocycles. The number of nitrogens with zero attached hydrogens (tertiary/aromatic N) is 1. The van der Waals surface area contributed by atoms with Gasteiger partial charge in [-0.2, -0.15) is 13.2 Å². The molecule has 1 aliphatic heterocycles. The predicted molar refractivity (Wildman–Crippen MR) is 58.8 cm³/mol. The molecule has 1 fully saturated rings. The Bertz CT molecular complexity index is 455. The number of hydrogen-bond acceptors (Lipinski definition) is 4. The molecule has 1 aromatic rings. The molecule has 0 amide bonds. The molecule has 1 aromatic carbocycles. The summed E-state index contributed by atoms with van der Waals surface area (Å²) in [5, 5.41) is 0.937. The average molecular weight is 275 g/mol. The number of halogens is 3. The van der Waals surface area contributed by atoms with Crippen molar-refractivity contribution in [1.29, 1.82) is 0 Å². The van der Waals surface area contributed by atoms with E-state index >= 15 is 0 Å². The van der Waals surface area contributed by atoms with Gasteiger partial charge in [-0.05, 0) is 5.56 Å². The third kappa shape index (κ3) is 2.71. The van der Waals surface area contributed by atoms with Crippen LogP contribution in [0.3, 0.4) is 0 Å². The van der Waals surface area contributed by atoms with Gasteiger partial charge in [0.2, 0.25) is 0 Å². The lowest BCUT2D eigenvalue weighted by molar-refractivity contribution is -0.292. The minimum atomic E-state index is -4.99. The molecule has 1 heterocycles. The second-order valence-corrected chi connectivity index (χ2v) is 4.24. The first-order valence-electron chi connectivity index (χ1n) is 5.52. The zero-order chi connectivity index (χ0) is 14.1. The number of benzene rings is 1. The highest BCUT2D eigenvalue weighted by molar-refractivity contribution is 5.75. The SMILES string of the molecule is COC1(c2ccccc2)CN(OC(=O)C(F)(F)F)C1. The van der Waals surface area contributed by atoms with Gasteiger partial charge in [0.1, 0.15) is 5.60 Å². The molecule has 0 N–H and O–H groups in total. The first kappa shape index (κ1) is 13.8. The van der Waals surface area contributed by atoms with Gasteiger partial charge in [-0.1, -0.05) is 30.3 Å². The smallest absolute Gasteiger partial charge is 0.371 e. The average Bonchev–Trinajstić information content (AvgIpc) is 2.33. The number of hydroxylamine groups is 2. The minimum Gasteiger partial charge on any atom is -0.371 e. The van der Waals surface area contributed by atoms with Crippen molar-refractivity contribution in [2.75, 3.05) is 20.2 Å². The first-order chi connectivity index (χ1) is 8.87. The molecule has 0 unspecified atom stereocenters. The number of hydrogen-bond donors (Lipinski definition) is 0. The molecular formula is C12H12F3NO3. The summed E-state index contributed by atoms with van der Waals surface area (Å²) >= 11 is 0. The van der Waals surface area contributed by atoms with Gasteiger partial charge in [-0.25, -0.2) is 4.79 Å². The van der Waals surface area contributed by atoms with Crippen molar-refractivity contribution < 1.29 is 27.5 Å². The summed E-state index contributed by atoms with van der Waals surface area (Å²) in [7, 11) is 1.47. The second-order valence-electron chi connectivity index (χ2n) is 4.24. The lowest BCUT2D eigenvalue weighted by Gasteiger charge is -2.47. The Morgan fingerprint density at radius 1 is 1.26 bits per heavy atom. The van der Waals surface area contributed by atoms with Crippen LogP contribution in [0, 0.1) is 0 Å². The second kappa shape index (κ2) is 4.82. The van der Waals surface area contributed by atoms with Gasteiger partial charge in [-0.3, -0.25) is 0 Å². The standard InChI is InChI=1S/C12H12F3NO3/c1-18-11(9-5-3-2-4-6-9)7-16(8-11)19-10(17)12(13,14)15/h2-6H,7-8H2,1H3. The molecule has 0 spiro atoms. The van der Waals surface area contributed by atoms with E-state index in [9.17, 15) is 18.0 Å². The van der Waals surface area contributed by atoms with Crippen molar-refractivity contribution in [3.63, 3.8) is 0 Å². The van der Waals surface area contributed by atoms with Crippen molar-refractivity contribution >= 4 is 5.97 Å². The molecule has 1 aliphatic rings. The van der Waals surface area contributed by atoms with Crippen LogP contribution in [0.15, 0.2) is 30.3 Å². The van der Waals surface area contributed by atoms with Crippen LogP contribution >= 0.6 is 0 Å². The molecule has 19 heavy (non-hydrogen) atoms. The van der Waals surface area contributed by atoms with E-state index in [1.54, 1.807) is 12.1 Å². The van der Waals surface area contributed by atoms with Crippen molar-refractivity contribution in [3.8, 4) is 0 Å². The van der Waals surface area contributed by atoms with Gasteiger partial charge in [0.25, 0.3) is 0 Å². The highest BCUT2D eigenvalue weighted by Gasteiger charge is 2.50. The largest absolute Gasteiger partial charge is 0.492 e. The van der Waals surface area contributed by atoms with E-state index in [1.807, 2.05) is 18.2 Å². The quantitative estimate of drug-likeness (QED) is 0.844. The molecule has 0 bridgehead atoms. The Morgan fingerprint density at radius 2 is 1.84 bits per heavy atom. The Balaban J connectivity index is 1.99. The summed E-state index contributed by atoms with van der Waals surface area (Å²) in [5.41, 5.74) is 0.101. The number of methoxy groups -OCH3 is 1. The number of rotatable bonds is 3. The summed E-state index contributed by atoms with van der Waals surface area (Å²) in [6.07, 6.45) is -4.99. The maximum Gasteiger partial charge on any atom is 0.492 e. The lowest BCUT2D eigenvalue weighted by atomic mass is 9.87. The summed E-state index contributed by atoms with van der Waals surface area (Å²) in [5.74, 6) is -2.22. The molecule has 0 radical (unpaired) electrons. The van der Waals surface area contributed by atoms with Crippen LogP contribution in [0.25, 0.3) is 0 Å². The van der Waals surface area contributed by atoms with Gasteiger partial charge in [0.05, 0.1) is 13.1 Å². The number of ether oxygens (including phenoxy) is 1. The zero-order valence-corrected chi connectivity index (χ0v) is 10.1. The maximum atomic E-state index is 12.0. The topological polar surface area (TPSA) is 38.8 Å².